The van der Waals surface area contributed by atoms with Crippen molar-refractivity contribution in [3.05, 3.63) is 82.9 Å². The van der Waals surface area contributed by atoms with E-state index in [0.717, 1.165) is 28.5 Å². The molecular weight excluding hydrogens is 414 g/mol. The molecule has 0 aliphatic carbocycles. The van der Waals surface area contributed by atoms with Gasteiger partial charge in [-0.1, -0.05) is 29.5 Å². The summed E-state index contributed by atoms with van der Waals surface area (Å²) >= 11 is 1.22. The molecule has 4 rings (SSSR count). The van der Waals surface area contributed by atoms with Crippen molar-refractivity contribution in [2.45, 2.75) is 39.1 Å². The van der Waals surface area contributed by atoms with Crippen LogP contribution in [-0.4, -0.2) is 26.3 Å². The average molecular weight is 438 g/mol. The van der Waals surface area contributed by atoms with Crippen LogP contribution in [0.1, 0.15) is 39.0 Å². The third-order valence-corrected chi connectivity index (χ3v) is 5.74. The highest BCUT2D eigenvalue weighted by Crippen LogP contribution is 2.23. The van der Waals surface area contributed by atoms with Crippen molar-refractivity contribution in [1.29, 1.82) is 0 Å². The lowest BCUT2D eigenvalue weighted by molar-refractivity contribution is 0.102. The van der Waals surface area contributed by atoms with E-state index in [9.17, 15) is 4.79 Å². The zero-order valence-electron chi connectivity index (χ0n) is 17.6. The molecule has 0 saturated heterocycles. The number of furan rings is 1. The molecule has 0 aliphatic rings. The molecule has 3 heterocycles. The Kier molecular flexibility index (Phi) is 6.27. The Labute approximate surface area is 184 Å². The number of ketones is 1. The smallest absolute Gasteiger partial charge is 0.277 e. The lowest BCUT2D eigenvalue weighted by atomic mass is 10.2. The first kappa shape index (κ1) is 21.0. The summed E-state index contributed by atoms with van der Waals surface area (Å²) < 4.78 is 18.7. The summed E-state index contributed by atoms with van der Waals surface area (Å²) in [5, 5.41) is 8.34. The Morgan fingerprint density at radius 3 is 2.68 bits per heavy atom. The van der Waals surface area contributed by atoms with E-state index in [2.05, 4.69) is 14.8 Å². The number of benzene rings is 1. The molecule has 8 heteroatoms. The van der Waals surface area contributed by atoms with Gasteiger partial charge in [0, 0.05) is 17.0 Å². The van der Waals surface area contributed by atoms with Gasteiger partial charge in [-0.05, 0) is 51.1 Å². The first-order valence-electron chi connectivity index (χ1n) is 9.86. The highest BCUT2D eigenvalue weighted by atomic mass is 32.2. The predicted molar refractivity (Wildman–Crippen MR) is 117 cm³/mol. The van der Waals surface area contributed by atoms with E-state index < -0.39 is 0 Å². The van der Waals surface area contributed by atoms with Crippen LogP contribution in [0.15, 0.2) is 62.8 Å². The third kappa shape index (κ3) is 5.08. The van der Waals surface area contributed by atoms with Crippen LogP contribution in [0.5, 0.6) is 5.75 Å². The molecule has 0 fully saturated rings. The first-order valence-corrected chi connectivity index (χ1v) is 10.8. The molecule has 0 N–H and O–H groups in total. The van der Waals surface area contributed by atoms with Crippen LogP contribution in [0, 0.1) is 20.8 Å². The number of ether oxygens (including phenoxy) is 1. The number of hydrogen-bond donors (Lipinski definition) is 0. The lowest BCUT2D eigenvalue weighted by Gasteiger charge is -2.07. The summed E-state index contributed by atoms with van der Waals surface area (Å²) in [5.41, 5.74) is 3.78. The summed E-state index contributed by atoms with van der Waals surface area (Å²) in [6.07, 6.45) is 1.65. The number of rotatable bonds is 9. The number of aryl methyl sites for hydroxylation is 2. The molecule has 0 unspecified atom stereocenters. The number of carbonyl (C=O) groups excluding carboxylic acids is 1. The van der Waals surface area contributed by atoms with Crippen molar-refractivity contribution in [3.8, 4) is 5.75 Å². The molecule has 0 bridgehead atoms. The van der Waals surface area contributed by atoms with Crippen LogP contribution in [0.2, 0.25) is 0 Å². The largest absolute Gasteiger partial charge is 0.484 e. The fourth-order valence-corrected chi connectivity index (χ4v) is 3.89. The quantitative estimate of drug-likeness (QED) is 0.269. The van der Waals surface area contributed by atoms with Crippen molar-refractivity contribution in [2.24, 2.45) is 0 Å². The second-order valence-corrected chi connectivity index (χ2v) is 8.15. The number of nitrogens with zero attached hydrogens (tertiary/aromatic N) is 3. The number of hydrogen-bond acceptors (Lipinski definition) is 7. The van der Waals surface area contributed by atoms with E-state index in [4.69, 9.17) is 13.6 Å². The predicted octanol–water partition coefficient (Wildman–Crippen LogP) is 4.99. The van der Waals surface area contributed by atoms with Crippen molar-refractivity contribution in [3.63, 3.8) is 0 Å². The topological polar surface area (TPSA) is 83.3 Å². The molecule has 0 spiro atoms. The minimum atomic E-state index is 0.0134. The van der Waals surface area contributed by atoms with Gasteiger partial charge in [0.1, 0.15) is 11.5 Å². The summed E-state index contributed by atoms with van der Waals surface area (Å²) in [7, 11) is 0. The van der Waals surface area contributed by atoms with E-state index in [0.29, 0.717) is 23.2 Å². The van der Waals surface area contributed by atoms with Crippen molar-refractivity contribution >= 4 is 17.5 Å². The van der Waals surface area contributed by atoms with Gasteiger partial charge >= 0.3 is 0 Å². The highest BCUT2D eigenvalue weighted by molar-refractivity contribution is 7.99. The summed E-state index contributed by atoms with van der Waals surface area (Å²) in [5.74, 6) is 2.18. The minimum Gasteiger partial charge on any atom is -0.484 e. The SMILES string of the molecule is Cc1ccc(OCc2nnc(SCC(=O)c3cc(C)n(Cc4ccco4)c3C)o2)cc1. The standard InChI is InChI=1S/C23H23N3O4S/c1-15-6-8-18(9-7-15)29-13-22-24-25-23(30-22)31-14-21(27)20-11-16(2)26(17(20)3)12-19-5-4-10-28-19/h4-11H,12-14H2,1-3H3. The normalized spacial score (nSPS) is 11.1. The molecular formula is C23H23N3O4S. The molecule has 4 aromatic rings. The molecule has 31 heavy (non-hydrogen) atoms. The van der Waals surface area contributed by atoms with Gasteiger partial charge in [-0.3, -0.25) is 4.79 Å². The number of Topliss-reactive ketones (excluding diaryl/α,β-unsaturated/α-hetero) is 1. The second-order valence-electron chi connectivity index (χ2n) is 7.23. The molecule has 7 nitrogen and oxygen atoms in total. The fourth-order valence-electron chi connectivity index (χ4n) is 3.22. The second kappa shape index (κ2) is 9.26. The van der Waals surface area contributed by atoms with Crippen molar-refractivity contribution in [2.75, 3.05) is 5.75 Å². The Hall–Kier alpha value is -3.26. The van der Waals surface area contributed by atoms with Crippen molar-refractivity contribution < 1.29 is 18.4 Å². The molecule has 0 atom stereocenters. The first-order chi connectivity index (χ1) is 15.0. The van der Waals surface area contributed by atoms with E-state index in [1.54, 1.807) is 6.26 Å². The lowest BCUT2D eigenvalue weighted by Crippen LogP contribution is -2.07. The van der Waals surface area contributed by atoms with Gasteiger partial charge in [0.25, 0.3) is 11.1 Å². The summed E-state index contributed by atoms with van der Waals surface area (Å²) in [6, 6.07) is 13.4. The molecule has 0 saturated carbocycles. The van der Waals surface area contributed by atoms with Crippen LogP contribution in [0.25, 0.3) is 0 Å². The van der Waals surface area contributed by atoms with Gasteiger partial charge in [0.15, 0.2) is 12.4 Å². The van der Waals surface area contributed by atoms with Gasteiger partial charge in [-0.15, -0.1) is 10.2 Å². The molecule has 1 aromatic carbocycles. The maximum absolute atomic E-state index is 12.8. The van der Waals surface area contributed by atoms with Gasteiger partial charge in [0.05, 0.1) is 18.6 Å². The number of aromatic nitrogens is 3. The molecule has 0 radical (unpaired) electrons. The highest BCUT2D eigenvalue weighted by Gasteiger charge is 2.18. The monoisotopic (exact) mass is 437 g/mol. The van der Waals surface area contributed by atoms with Crippen LogP contribution < -0.4 is 4.74 Å². The Bertz CT molecular complexity index is 1160. The van der Waals surface area contributed by atoms with Crippen LogP contribution in [-0.2, 0) is 13.2 Å². The Morgan fingerprint density at radius 1 is 1.13 bits per heavy atom. The van der Waals surface area contributed by atoms with Crippen LogP contribution in [0.3, 0.4) is 0 Å². The van der Waals surface area contributed by atoms with Gasteiger partial charge in [-0.2, -0.15) is 0 Å². The zero-order valence-corrected chi connectivity index (χ0v) is 18.4. The Balaban J connectivity index is 1.33. The van der Waals surface area contributed by atoms with Gasteiger partial charge in [-0.25, -0.2) is 0 Å². The van der Waals surface area contributed by atoms with E-state index in [1.165, 1.54) is 11.8 Å². The summed E-state index contributed by atoms with van der Waals surface area (Å²) in [6.45, 7) is 6.72. The number of thioether (sulfide) groups is 1. The molecule has 3 aromatic heterocycles. The molecule has 0 amide bonds. The van der Waals surface area contributed by atoms with Crippen LogP contribution in [0.4, 0.5) is 0 Å². The van der Waals surface area contributed by atoms with E-state index >= 15 is 0 Å². The molecule has 160 valence electrons. The van der Waals surface area contributed by atoms with E-state index in [1.807, 2.05) is 63.2 Å². The maximum Gasteiger partial charge on any atom is 0.277 e. The minimum absolute atomic E-state index is 0.0134. The zero-order chi connectivity index (χ0) is 21.8. The third-order valence-electron chi connectivity index (χ3n) is 4.93. The van der Waals surface area contributed by atoms with Crippen LogP contribution >= 0.6 is 11.8 Å². The fraction of sp³-hybridized carbons (Fsp3) is 0.261. The van der Waals surface area contributed by atoms with Gasteiger partial charge < -0.3 is 18.1 Å². The Morgan fingerprint density at radius 2 is 1.94 bits per heavy atom. The van der Waals surface area contributed by atoms with Gasteiger partial charge in [0.2, 0.25) is 0 Å². The average Bonchev–Trinajstić information content (AvgIpc) is 3.50. The van der Waals surface area contributed by atoms with E-state index in [-0.39, 0.29) is 18.1 Å². The van der Waals surface area contributed by atoms with Crippen molar-refractivity contribution in [1.82, 2.24) is 14.8 Å². The molecule has 0 aliphatic heterocycles. The maximum atomic E-state index is 12.8. The summed E-state index contributed by atoms with van der Waals surface area (Å²) in [4.78, 5) is 12.8. The number of carbonyl (C=O) groups is 1.